The number of piperidine rings is 1. The van der Waals surface area contributed by atoms with Gasteiger partial charge in [0.1, 0.15) is 11.9 Å². The Bertz CT molecular complexity index is 465. The normalized spacial score (nSPS) is 26.2. The lowest BCUT2D eigenvalue weighted by atomic mass is 9.95. The summed E-state index contributed by atoms with van der Waals surface area (Å²) in [4.78, 5) is 25.6. The van der Waals surface area contributed by atoms with Gasteiger partial charge >= 0.3 is 6.09 Å². The maximum Gasteiger partial charge on any atom is 0.411 e. The van der Waals surface area contributed by atoms with E-state index in [0.717, 1.165) is 12.7 Å². The first-order valence-corrected chi connectivity index (χ1v) is 11.7. The van der Waals surface area contributed by atoms with Crippen molar-refractivity contribution in [1.82, 2.24) is 4.90 Å². The highest BCUT2D eigenvalue weighted by Gasteiger charge is 2.45. The van der Waals surface area contributed by atoms with Crippen LogP contribution in [0.4, 0.5) is 4.79 Å². The summed E-state index contributed by atoms with van der Waals surface area (Å²) in [6.07, 6.45) is 1.76. The van der Waals surface area contributed by atoms with Gasteiger partial charge in [0, 0.05) is 0 Å². The van der Waals surface area contributed by atoms with Crippen molar-refractivity contribution >= 4 is 20.7 Å². The zero-order valence-corrected chi connectivity index (χ0v) is 17.8. The van der Waals surface area contributed by atoms with E-state index in [0.29, 0.717) is 6.42 Å². The second kappa shape index (κ2) is 7.16. The van der Waals surface area contributed by atoms with Crippen LogP contribution in [0.25, 0.3) is 0 Å². The largest absolute Gasteiger partial charge is 0.444 e. The van der Waals surface area contributed by atoms with E-state index in [2.05, 4.69) is 33.9 Å². The molecule has 0 radical (unpaired) electrons. The molecule has 1 saturated heterocycles. The third-order valence-electron chi connectivity index (χ3n) is 5.09. The molecular weight excluding hydrogens is 322 g/mol. The molecule has 3 atom stereocenters. The summed E-state index contributed by atoms with van der Waals surface area (Å²) >= 11 is 0. The van der Waals surface area contributed by atoms with E-state index in [1.165, 1.54) is 0 Å². The Labute approximate surface area is 148 Å². The van der Waals surface area contributed by atoms with Gasteiger partial charge in [0.15, 0.2) is 8.32 Å². The van der Waals surface area contributed by atoms with Gasteiger partial charge in [0.05, 0.1) is 18.2 Å². The molecule has 0 bridgehead atoms. The summed E-state index contributed by atoms with van der Waals surface area (Å²) in [5, 5.41) is 0.102. The van der Waals surface area contributed by atoms with Gasteiger partial charge in [0.2, 0.25) is 0 Å². The number of hydrogen-bond donors (Lipinski definition) is 0. The fourth-order valence-corrected chi connectivity index (χ4v) is 4.08. The Morgan fingerprint density at radius 2 is 1.67 bits per heavy atom. The molecule has 1 rings (SSSR count). The molecule has 0 spiro atoms. The number of carbonyl (C=O) groups is 2. The predicted molar refractivity (Wildman–Crippen MR) is 98.7 cm³/mol. The number of nitrogens with zero attached hydrogens (tertiary/aromatic N) is 1. The van der Waals surface area contributed by atoms with Crippen LogP contribution >= 0.6 is 0 Å². The highest BCUT2D eigenvalue weighted by Crippen LogP contribution is 2.39. The van der Waals surface area contributed by atoms with Crippen LogP contribution in [0, 0.1) is 0 Å². The van der Waals surface area contributed by atoms with Crippen LogP contribution < -0.4 is 0 Å². The summed E-state index contributed by atoms with van der Waals surface area (Å²) < 4.78 is 12.0. The molecule has 0 unspecified atom stereocenters. The molecule has 24 heavy (non-hydrogen) atoms. The summed E-state index contributed by atoms with van der Waals surface area (Å²) in [6.45, 7) is 18.5. The van der Waals surface area contributed by atoms with E-state index in [4.69, 9.17) is 9.16 Å². The lowest BCUT2D eigenvalue weighted by molar-refractivity contribution is -0.116. The van der Waals surface area contributed by atoms with Gasteiger partial charge in [-0.25, -0.2) is 4.79 Å². The molecule has 1 aliphatic rings. The average Bonchev–Trinajstić information content (AvgIpc) is 2.37. The highest BCUT2D eigenvalue weighted by molar-refractivity contribution is 6.74. The number of likely N-dealkylation sites (tertiary alicyclic amines) is 1. The Kier molecular flexibility index (Phi) is 6.31. The summed E-state index contributed by atoms with van der Waals surface area (Å²) in [7, 11) is -1.94. The standard InChI is InChI=1S/C18H35NO4Si/c1-13-15(23-24(8,9)18(5,6)7)11-10-14(12-20)19(13)16(21)22-17(2,3)4/h12-15H,10-11H2,1-9H3/t13-,14-,15+/m1/s1. The van der Waals surface area contributed by atoms with Gasteiger partial charge in [-0.2, -0.15) is 0 Å². The molecule has 0 saturated carbocycles. The lowest BCUT2D eigenvalue weighted by Gasteiger charge is -2.47. The van der Waals surface area contributed by atoms with Gasteiger partial charge in [-0.05, 0) is 58.7 Å². The van der Waals surface area contributed by atoms with Crippen LogP contribution in [0.15, 0.2) is 0 Å². The molecule has 1 amide bonds. The zero-order valence-electron chi connectivity index (χ0n) is 16.8. The molecule has 0 aliphatic carbocycles. The third-order valence-corrected chi connectivity index (χ3v) is 9.60. The lowest BCUT2D eigenvalue weighted by Crippen LogP contribution is -2.59. The quantitative estimate of drug-likeness (QED) is 0.556. The summed E-state index contributed by atoms with van der Waals surface area (Å²) in [6, 6.07) is -0.618. The second-order valence-corrected chi connectivity index (χ2v) is 14.1. The maximum atomic E-state index is 12.6. The molecule has 6 heteroatoms. The molecule has 0 N–H and O–H groups in total. The first kappa shape index (κ1) is 21.2. The number of hydrogen-bond acceptors (Lipinski definition) is 4. The number of ether oxygens (including phenoxy) is 1. The molecule has 0 aromatic heterocycles. The van der Waals surface area contributed by atoms with Crippen molar-refractivity contribution in [2.45, 2.75) is 103 Å². The van der Waals surface area contributed by atoms with E-state index >= 15 is 0 Å². The van der Waals surface area contributed by atoms with Crippen molar-refractivity contribution in [3.05, 3.63) is 0 Å². The topological polar surface area (TPSA) is 55.8 Å². The predicted octanol–water partition coefficient (Wildman–Crippen LogP) is 4.36. The summed E-state index contributed by atoms with van der Waals surface area (Å²) in [5.41, 5.74) is -0.586. The van der Waals surface area contributed by atoms with Crippen molar-refractivity contribution < 1.29 is 18.8 Å². The second-order valence-electron chi connectivity index (χ2n) is 9.33. The first-order valence-electron chi connectivity index (χ1n) is 8.84. The zero-order chi connectivity index (χ0) is 18.9. The molecule has 5 nitrogen and oxygen atoms in total. The van der Waals surface area contributed by atoms with Crippen molar-refractivity contribution in [3.8, 4) is 0 Å². The van der Waals surface area contributed by atoms with E-state index < -0.39 is 26.1 Å². The Hall–Kier alpha value is -0.883. The Morgan fingerprint density at radius 3 is 2.08 bits per heavy atom. The van der Waals surface area contributed by atoms with Gasteiger partial charge in [-0.1, -0.05) is 20.8 Å². The number of amides is 1. The fourth-order valence-electron chi connectivity index (χ4n) is 2.66. The minimum atomic E-state index is -1.94. The van der Waals surface area contributed by atoms with E-state index in [9.17, 15) is 9.59 Å². The van der Waals surface area contributed by atoms with E-state index in [1.54, 1.807) is 4.90 Å². The van der Waals surface area contributed by atoms with Crippen molar-refractivity contribution in [2.24, 2.45) is 0 Å². The Balaban J connectivity index is 2.98. The van der Waals surface area contributed by atoms with Crippen molar-refractivity contribution in [2.75, 3.05) is 0 Å². The van der Waals surface area contributed by atoms with Gasteiger partial charge in [-0.15, -0.1) is 0 Å². The van der Waals surface area contributed by atoms with Crippen LogP contribution in [0.3, 0.4) is 0 Å². The fraction of sp³-hybridized carbons (Fsp3) is 0.889. The van der Waals surface area contributed by atoms with Gasteiger partial charge in [-0.3, -0.25) is 4.90 Å². The van der Waals surface area contributed by atoms with Gasteiger partial charge < -0.3 is 14.0 Å². The van der Waals surface area contributed by atoms with E-state index in [1.807, 2.05) is 27.7 Å². The number of aldehydes is 1. The molecule has 140 valence electrons. The van der Waals surface area contributed by atoms with Crippen LogP contribution in [-0.2, 0) is 14.0 Å². The van der Waals surface area contributed by atoms with Crippen LogP contribution in [-0.4, -0.2) is 49.4 Å². The van der Waals surface area contributed by atoms with Crippen LogP contribution in [0.5, 0.6) is 0 Å². The third kappa shape index (κ3) is 5.05. The monoisotopic (exact) mass is 357 g/mol. The minimum absolute atomic E-state index is 0.0605. The minimum Gasteiger partial charge on any atom is -0.444 e. The number of rotatable bonds is 3. The SMILES string of the molecule is C[C@@H]1[C@@H](O[Si](C)(C)C(C)(C)C)CC[C@H](C=O)N1C(=O)OC(C)(C)C. The first-order chi connectivity index (χ1) is 10.7. The molecule has 1 heterocycles. The molecule has 1 fully saturated rings. The molecule has 0 aromatic carbocycles. The average molecular weight is 358 g/mol. The summed E-state index contributed by atoms with van der Waals surface area (Å²) in [5.74, 6) is 0. The van der Waals surface area contributed by atoms with Crippen LogP contribution in [0.2, 0.25) is 18.1 Å². The van der Waals surface area contributed by atoms with Gasteiger partial charge in [0.25, 0.3) is 0 Å². The van der Waals surface area contributed by atoms with Crippen molar-refractivity contribution in [3.63, 3.8) is 0 Å². The molecule has 0 aromatic rings. The highest BCUT2D eigenvalue weighted by atomic mass is 28.4. The Morgan fingerprint density at radius 1 is 1.12 bits per heavy atom. The molecule has 1 aliphatic heterocycles. The maximum absolute atomic E-state index is 12.6. The number of carbonyl (C=O) groups excluding carboxylic acids is 2. The van der Waals surface area contributed by atoms with Crippen LogP contribution in [0.1, 0.15) is 61.3 Å². The molecular formula is C18H35NO4Si. The van der Waals surface area contributed by atoms with E-state index in [-0.39, 0.29) is 17.2 Å². The van der Waals surface area contributed by atoms with Crippen molar-refractivity contribution in [1.29, 1.82) is 0 Å². The smallest absolute Gasteiger partial charge is 0.411 e.